The lowest BCUT2D eigenvalue weighted by Crippen LogP contribution is -2.55. The zero-order valence-electron chi connectivity index (χ0n) is 22.2. The number of halogens is 1. The number of aromatic hydroxyl groups is 1. The van der Waals surface area contributed by atoms with Crippen molar-refractivity contribution in [2.24, 2.45) is 0 Å². The number of fused-ring (bicyclic) bond motifs is 1. The van der Waals surface area contributed by atoms with Gasteiger partial charge >= 0.3 is 0 Å². The number of hydrogen-bond acceptors (Lipinski definition) is 4. The molecule has 0 spiro atoms. The molecule has 7 heteroatoms. The van der Waals surface area contributed by atoms with Gasteiger partial charge in [-0.05, 0) is 52.6 Å². The van der Waals surface area contributed by atoms with Crippen LogP contribution in [-0.2, 0) is 19.5 Å². The van der Waals surface area contributed by atoms with E-state index in [2.05, 4.69) is 9.88 Å². The number of phenols is 1. The van der Waals surface area contributed by atoms with Gasteiger partial charge < -0.3 is 14.6 Å². The van der Waals surface area contributed by atoms with Crippen LogP contribution in [0.5, 0.6) is 5.75 Å². The molecule has 1 unspecified atom stereocenters. The lowest BCUT2D eigenvalue weighted by molar-refractivity contribution is 0.0453. The summed E-state index contributed by atoms with van der Waals surface area (Å²) in [6.45, 7) is 2.96. The van der Waals surface area contributed by atoms with Crippen LogP contribution < -0.4 is 0 Å². The number of hydrogen-bond donors (Lipinski definition) is 1. The molecule has 4 aromatic carbocycles. The number of para-hydroxylation sites is 1. The van der Waals surface area contributed by atoms with Gasteiger partial charge in [-0.1, -0.05) is 66.7 Å². The first-order valence-corrected chi connectivity index (χ1v) is 13.6. The zero-order chi connectivity index (χ0) is 27.5. The Balaban J connectivity index is 1.25. The molecule has 6 nitrogen and oxygen atoms in total. The van der Waals surface area contributed by atoms with Gasteiger partial charge in [0.15, 0.2) is 0 Å². The molecule has 5 aromatic rings. The fourth-order valence-corrected chi connectivity index (χ4v) is 5.66. The van der Waals surface area contributed by atoms with Gasteiger partial charge in [-0.25, -0.2) is 9.37 Å². The SMILES string of the molecule is O=C(c1cccc2ccccc12)N1CCN(Cc2cncn2Cc2cccc(F)c2)C(Cc2ccccc2O)C1. The minimum Gasteiger partial charge on any atom is -0.508 e. The Morgan fingerprint density at radius 2 is 1.73 bits per heavy atom. The van der Waals surface area contributed by atoms with Gasteiger partial charge in [-0.2, -0.15) is 0 Å². The van der Waals surface area contributed by atoms with E-state index in [1.807, 2.05) is 82.4 Å². The van der Waals surface area contributed by atoms with Crippen LogP contribution in [0.2, 0.25) is 0 Å². The Kier molecular flexibility index (Phi) is 7.29. The van der Waals surface area contributed by atoms with Crippen molar-refractivity contribution in [3.63, 3.8) is 0 Å². The van der Waals surface area contributed by atoms with Gasteiger partial charge in [0.1, 0.15) is 11.6 Å². The van der Waals surface area contributed by atoms with Crippen LogP contribution in [0.1, 0.15) is 27.2 Å². The van der Waals surface area contributed by atoms with Crippen LogP contribution in [-0.4, -0.2) is 56.0 Å². The van der Waals surface area contributed by atoms with E-state index in [1.165, 1.54) is 6.07 Å². The second kappa shape index (κ2) is 11.3. The molecule has 1 aromatic heterocycles. The van der Waals surface area contributed by atoms with E-state index >= 15 is 0 Å². The van der Waals surface area contributed by atoms with Crippen molar-refractivity contribution >= 4 is 16.7 Å². The molecule has 0 bridgehead atoms. The van der Waals surface area contributed by atoms with E-state index in [0.29, 0.717) is 44.7 Å². The molecule has 1 amide bonds. The van der Waals surface area contributed by atoms with E-state index in [-0.39, 0.29) is 23.5 Å². The molecule has 1 saturated heterocycles. The van der Waals surface area contributed by atoms with Gasteiger partial charge in [0.05, 0.1) is 12.0 Å². The lowest BCUT2D eigenvalue weighted by atomic mass is 9.99. The number of phenolic OH excluding ortho intramolecular Hbond substituents is 1. The highest BCUT2D eigenvalue weighted by atomic mass is 19.1. The minimum absolute atomic E-state index is 0.0153. The van der Waals surface area contributed by atoms with E-state index in [4.69, 9.17) is 0 Å². The summed E-state index contributed by atoms with van der Waals surface area (Å²) in [5.41, 5.74) is 3.45. The Morgan fingerprint density at radius 1 is 0.925 bits per heavy atom. The second-order valence-corrected chi connectivity index (χ2v) is 10.4. The third-order valence-corrected chi connectivity index (χ3v) is 7.76. The fourth-order valence-electron chi connectivity index (χ4n) is 5.66. The van der Waals surface area contributed by atoms with Gasteiger partial charge in [0.2, 0.25) is 0 Å². The topological polar surface area (TPSA) is 61.6 Å². The van der Waals surface area contributed by atoms with Crippen molar-refractivity contribution in [3.05, 3.63) is 132 Å². The zero-order valence-corrected chi connectivity index (χ0v) is 22.2. The Bertz CT molecular complexity index is 1640. The van der Waals surface area contributed by atoms with Crippen molar-refractivity contribution < 1.29 is 14.3 Å². The van der Waals surface area contributed by atoms with Crippen LogP contribution >= 0.6 is 0 Å². The molecule has 40 heavy (non-hydrogen) atoms. The Morgan fingerprint density at radius 3 is 2.60 bits per heavy atom. The number of imidazole rings is 1. The summed E-state index contributed by atoms with van der Waals surface area (Å²) in [5, 5.41) is 12.5. The van der Waals surface area contributed by atoms with Crippen molar-refractivity contribution in [1.29, 1.82) is 0 Å². The number of benzene rings is 4. The molecule has 0 aliphatic carbocycles. The summed E-state index contributed by atoms with van der Waals surface area (Å²) < 4.78 is 15.8. The summed E-state index contributed by atoms with van der Waals surface area (Å²) in [5.74, 6) is 0.0276. The molecule has 2 heterocycles. The number of rotatable bonds is 7. The van der Waals surface area contributed by atoms with Crippen molar-refractivity contribution in [3.8, 4) is 5.75 Å². The first-order valence-electron chi connectivity index (χ1n) is 13.6. The van der Waals surface area contributed by atoms with E-state index in [0.717, 1.165) is 27.6 Å². The third kappa shape index (κ3) is 5.46. The van der Waals surface area contributed by atoms with E-state index in [9.17, 15) is 14.3 Å². The predicted molar refractivity (Wildman–Crippen MR) is 154 cm³/mol. The monoisotopic (exact) mass is 534 g/mol. The molecule has 1 N–H and O–H groups in total. The summed E-state index contributed by atoms with van der Waals surface area (Å²) in [6.07, 6.45) is 4.23. The molecule has 1 fully saturated rings. The summed E-state index contributed by atoms with van der Waals surface area (Å²) in [7, 11) is 0. The molecule has 0 radical (unpaired) electrons. The van der Waals surface area contributed by atoms with E-state index < -0.39 is 0 Å². The van der Waals surface area contributed by atoms with Crippen molar-refractivity contribution in [2.75, 3.05) is 19.6 Å². The van der Waals surface area contributed by atoms with E-state index in [1.54, 1.807) is 24.5 Å². The molecular formula is C33H31FN4O2. The first kappa shape index (κ1) is 25.8. The molecule has 6 rings (SSSR count). The first-order chi connectivity index (χ1) is 19.5. The number of carbonyl (C=O) groups excluding carboxylic acids is 1. The quantitative estimate of drug-likeness (QED) is 0.300. The maximum Gasteiger partial charge on any atom is 0.254 e. The van der Waals surface area contributed by atoms with Gasteiger partial charge in [0, 0.05) is 50.5 Å². The fraction of sp³-hybridized carbons (Fsp3) is 0.212. The summed E-state index contributed by atoms with van der Waals surface area (Å²) >= 11 is 0. The van der Waals surface area contributed by atoms with Crippen LogP contribution in [0, 0.1) is 5.82 Å². The van der Waals surface area contributed by atoms with Gasteiger partial charge in [-0.15, -0.1) is 0 Å². The molecule has 202 valence electrons. The number of amides is 1. The average Bonchev–Trinajstić information content (AvgIpc) is 3.40. The predicted octanol–water partition coefficient (Wildman–Crippen LogP) is 5.50. The molecule has 0 saturated carbocycles. The largest absolute Gasteiger partial charge is 0.508 e. The number of carbonyl (C=O) groups is 1. The highest BCUT2D eigenvalue weighted by molar-refractivity contribution is 6.07. The maximum absolute atomic E-state index is 13.8. The van der Waals surface area contributed by atoms with Crippen LogP contribution in [0.3, 0.4) is 0 Å². The standard InChI is InChI=1S/C33H31FN4O2/c34-27-11-5-7-24(17-27)20-38-23-35-19-29(38)22-36-15-16-37(21-28(36)18-26-9-2-4-14-32(26)39)33(40)31-13-6-10-25-8-1-3-12-30(25)31/h1-14,17,19,23,28,39H,15-16,18,20-22H2. The Labute approximate surface area is 232 Å². The smallest absolute Gasteiger partial charge is 0.254 e. The normalized spacial score (nSPS) is 15.9. The van der Waals surface area contributed by atoms with Crippen LogP contribution in [0.4, 0.5) is 4.39 Å². The average molecular weight is 535 g/mol. The van der Waals surface area contributed by atoms with Crippen LogP contribution in [0.25, 0.3) is 10.8 Å². The van der Waals surface area contributed by atoms with Crippen molar-refractivity contribution in [1.82, 2.24) is 19.4 Å². The van der Waals surface area contributed by atoms with Gasteiger partial charge in [0.25, 0.3) is 5.91 Å². The number of nitrogens with zero attached hydrogens (tertiary/aromatic N) is 4. The molecule has 1 aliphatic heterocycles. The molecule has 1 aliphatic rings. The third-order valence-electron chi connectivity index (χ3n) is 7.76. The maximum atomic E-state index is 13.8. The minimum atomic E-state index is -0.256. The highest BCUT2D eigenvalue weighted by Gasteiger charge is 2.31. The lowest BCUT2D eigenvalue weighted by Gasteiger charge is -2.42. The van der Waals surface area contributed by atoms with Crippen LogP contribution in [0.15, 0.2) is 104 Å². The highest BCUT2D eigenvalue weighted by Crippen LogP contribution is 2.26. The second-order valence-electron chi connectivity index (χ2n) is 10.4. The summed E-state index contributed by atoms with van der Waals surface area (Å²) in [6, 6.07) is 27.8. The number of piperazine rings is 1. The van der Waals surface area contributed by atoms with Gasteiger partial charge in [-0.3, -0.25) is 9.69 Å². The number of aromatic nitrogens is 2. The Hall–Kier alpha value is -4.49. The molecule has 1 atom stereocenters. The van der Waals surface area contributed by atoms with Crippen molar-refractivity contribution in [2.45, 2.75) is 25.6 Å². The summed E-state index contributed by atoms with van der Waals surface area (Å²) in [4.78, 5) is 22.5. The molecular weight excluding hydrogens is 503 g/mol.